The molecule has 1 aromatic carbocycles. The van der Waals surface area contributed by atoms with Gasteiger partial charge in [-0.05, 0) is 42.8 Å². The lowest BCUT2D eigenvalue weighted by Gasteiger charge is -2.11. The zero-order chi connectivity index (χ0) is 15.2. The molecule has 1 N–H and O–H groups in total. The van der Waals surface area contributed by atoms with Crippen LogP contribution in [0.5, 0.6) is 0 Å². The lowest BCUT2D eigenvalue weighted by molar-refractivity contribution is -0.122. The van der Waals surface area contributed by atoms with E-state index in [0.717, 1.165) is 18.4 Å². The SMILES string of the molecule is CCCC(C)NC(=O)Cn1nnc(-c2ccc(Cl)cc2)n1. The third kappa shape index (κ3) is 4.53. The molecule has 0 aliphatic rings. The maximum atomic E-state index is 11.8. The van der Waals surface area contributed by atoms with Crippen molar-refractivity contribution in [1.29, 1.82) is 0 Å². The summed E-state index contributed by atoms with van der Waals surface area (Å²) in [7, 11) is 0. The number of hydrogen-bond donors (Lipinski definition) is 1. The number of carbonyl (C=O) groups is 1. The van der Waals surface area contributed by atoms with Crippen molar-refractivity contribution in [3.63, 3.8) is 0 Å². The maximum Gasteiger partial charge on any atom is 0.243 e. The van der Waals surface area contributed by atoms with Crippen LogP contribution in [0.15, 0.2) is 24.3 Å². The van der Waals surface area contributed by atoms with Crippen LogP contribution in [-0.4, -0.2) is 32.2 Å². The highest BCUT2D eigenvalue weighted by atomic mass is 35.5. The number of hydrogen-bond acceptors (Lipinski definition) is 4. The molecule has 21 heavy (non-hydrogen) atoms. The first kappa shape index (κ1) is 15.4. The molecule has 0 saturated heterocycles. The Kier molecular flexibility index (Phi) is 5.27. The van der Waals surface area contributed by atoms with E-state index >= 15 is 0 Å². The van der Waals surface area contributed by atoms with E-state index in [9.17, 15) is 4.79 Å². The van der Waals surface area contributed by atoms with Crippen molar-refractivity contribution >= 4 is 17.5 Å². The van der Waals surface area contributed by atoms with Gasteiger partial charge in [-0.25, -0.2) is 0 Å². The molecular formula is C14H18ClN5O. The number of aromatic nitrogens is 4. The first-order valence-corrected chi connectivity index (χ1v) is 7.29. The Bertz CT molecular complexity index is 596. The number of carbonyl (C=O) groups excluding carboxylic acids is 1. The van der Waals surface area contributed by atoms with Crippen LogP contribution in [0.3, 0.4) is 0 Å². The summed E-state index contributed by atoms with van der Waals surface area (Å²) in [5.41, 5.74) is 0.811. The van der Waals surface area contributed by atoms with Gasteiger partial charge in [0.05, 0.1) is 0 Å². The van der Waals surface area contributed by atoms with Crippen molar-refractivity contribution in [1.82, 2.24) is 25.5 Å². The first-order chi connectivity index (χ1) is 10.1. The first-order valence-electron chi connectivity index (χ1n) is 6.91. The number of nitrogens with zero attached hydrogens (tertiary/aromatic N) is 4. The van der Waals surface area contributed by atoms with Gasteiger partial charge in [-0.2, -0.15) is 4.80 Å². The molecule has 6 nitrogen and oxygen atoms in total. The Hall–Kier alpha value is -1.95. The second-order valence-electron chi connectivity index (χ2n) is 4.91. The zero-order valence-electron chi connectivity index (χ0n) is 12.1. The Labute approximate surface area is 128 Å². The van der Waals surface area contributed by atoms with Gasteiger partial charge in [-0.1, -0.05) is 24.9 Å². The fourth-order valence-corrected chi connectivity index (χ4v) is 2.10. The van der Waals surface area contributed by atoms with Gasteiger partial charge in [-0.15, -0.1) is 10.2 Å². The molecule has 112 valence electrons. The number of rotatable bonds is 6. The van der Waals surface area contributed by atoms with Crippen molar-refractivity contribution in [2.75, 3.05) is 0 Å². The third-order valence-electron chi connectivity index (χ3n) is 2.97. The van der Waals surface area contributed by atoms with E-state index in [-0.39, 0.29) is 18.5 Å². The van der Waals surface area contributed by atoms with Gasteiger partial charge in [0, 0.05) is 16.6 Å². The van der Waals surface area contributed by atoms with Crippen LogP contribution < -0.4 is 5.32 Å². The Morgan fingerprint density at radius 2 is 2.10 bits per heavy atom. The molecule has 1 atom stereocenters. The molecule has 1 heterocycles. The van der Waals surface area contributed by atoms with Crippen molar-refractivity contribution in [3.8, 4) is 11.4 Å². The second-order valence-corrected chi connectivity index (χ2v) is 5.34. The topological polar surface area (TPSA) is 72.7 Å². The number of nitrogens with one attached hydrogen (secondary N) is 1. The van der Waals surface area contributed by atoms with E-state index in [1.807, 2.05) is 19.1 Å². The summed E-state index contributed by atoms with van der Waals surface area (Å²) in [5.74, 6) is 0.358. The van der Waals surface area contributed by atoms with Crippen LogP contribution in [0.1, 0.15) is 26.7 Å². The molecule has 0 spiro atoms. The zero-order valence-corrected chi connectivity index (χ0v) is 12.8. The Balaban J connectivity index is 1.97. The molecule has 0 fully saturated rings. The minimum absolute atomic E-state index is 0.0641. The molecule has 7 heteroatoms. The number of amides is 1. The van der Waals surface area contributed by atoms with Crippen molar-refractivity contribution in [3.05, 3.63) is 29.3 Å². The Morgan fingerprint density at radius 1 is 1.38 bits per heavy atom. The highest BCUT2D eigenvalue weighted by molar-refractivity contribution is 6.30. The van der Waals surface area contributed by atoms with Crippen LogP contribution in [0.2, 0.25) is 5.02 Å². The molecule has 1 unspecified atom stereocenters. The average molecular weight is 308 g/mol. The predicted octanol–water partition coefficient (Wildman–Crippen LogP) is 2.30. The fraction of sp³-hybridized carbons (Fsp3) is 0.429. The smallest absolute Gasteiger partial charge is 0.243 e. The number of tetrazole rings is 1. The fourth-order valence-electron chi connectivity index (χ4n) is 1.98. The summed E-state index contributed by atoms with van der Waals surface area (Å²) in [6, 6.07) is 7.30. The Morgan fingerprint density at radius 3 is 2.76 bits per heavy atom. The van der Waals surface area contributed by atoms with E-state index in [1.165, 1.54) is 4.80 Å². The van der Waals surface area contributed by atoms with Crippen molar-refractivity contribution in [2.24, 2.45) is 0 Å². The van der Waals surface area contributed by atoms with E-state index in [2.05, 4.69) is 27.7 Å². The average Bonchev–Trinajstić information content (AvgIpc) is 2.88. The van der Waals surface area contributed by atoms with E-state index in [4.69, 9.17) is 11.6 Å². The predicted molar refractivity (Wildman–Crippen MR) is 80.8 cm³/mol. The second kappa shape index (κ2) is 7.17. The van der Waals surface area contributed by atoms with Gasteiger partial charge >= 0.3 is 0 Å². The maximum absolute atomic E-state index is 11.8. The van der Waals surface area contributed by atoms with Crippen LogP contribution in [-0.2, 0) is 11.3 Å². The van der Waals surface area contributed by atoms with E-state index in [0.29, 0.717) is 10.8 Å². The molecule has 2 aromatic rings. The van der Waals surface area contributed by atoms with Crippen molar-refractivity contribution < 1.29 is 4.79 Å². The number of halogens is 1. The highest BCUT2D eigenvalue weighted by Gasteiger charge is 2.11. The minimum atomic E-state index is -0.115. The van der Waals surface area contributed by atoms with Crippen LogP contribution >= 0.6 is 11.6 Å². The van der Waals surface area contributed by atoms with Crippen LogP contribution in [0.25, 0.3) is 11.4 Å². The minimum Gasteiger partial charge on any atom is -0.352 e. The monoisotopic (exact) mass is 307 g/mol. The van der Waals surface area contributed by atoms with Crippen LogP contribution in [0.4, 0.5) is 0 Å². The van der Waals surface area contributed by atoms with Gasteiger partial charge in [0.15, 0.2) is 0 Å². The molecule has 0 aliphatic carbocycles. The van der Waals surface area contributed by atoms with E-state index in [1.54, 1.807) is 12.1 Å². The lowest BCUT2D eigenvalue weighted by Crippen LogP contribution is -2.35. The summed E-state index contributed by atoms with van der Waals surface area (Å²) in [5, 5.41) is 15.6. The van der Waals surface area contributed by atoms with Crippen LogP contribution in [0, 0.1) is 0 Å². The summed E-state index contributed by atoms with van der Waals surface area (Å²) in [6.07, 6.45) is 1.98. The van der Waals surface area contributed by atoms with E-state index < -0.39 is 0 Å². The van der Waals surface area contributed by atoms with Gasteiger partial charge in [0.2, 0.25) is 11.7 Å². The number of benzene rings is 1. The quantitative estimate of drug-likeness (QED) is 0.888. The summed E-state index contributed by atoms with van der Waals surface area (Å²) in [4.78, 5) is 13.1. The molecular weight excluding hydrogens is 290 g/mol. The highest BCUT2D eigenvalue weighted by Crippen LogP contribution is 2.16. The molecule has 1 aromatic heterocycles. The molecule has 0 saturated carbocycles. The largest absolute Gasteiger partial charge is 0.352 e. The molecule has 0 aliphatic heterocycles. The lowest BCUT2D eigenvalue weighted by atomic mass is 10.2. The van der Waals surface area contributed by atoms with Gasteiger partial charge in [-0.3, -0.25) is 4.79 Å². The molecule has 0 bridgehead atoms. The summed E-state index contributed by atoms with van der Waals surface area (Å²) in [6.45, 7) is 4.13. The normalized spacial score (nSPS) is 12.1. The van der Waals surface area contributed by atoms with Gasteiger partial charge in [0.1, 0.15) is 6.54 Å². The third-order valence-corrected chi connectivity index (χ3v) is 3.22. The molecule has 1 amide bonds. The van der Waals surface area contributed by atoms with Crippen molar-refractivity contribution in [2.45, 2.75) is 39.3 Å². The van der Waals surface area contributed by atoms with Gasteiger partial charge < -0.3 is 5.32 Å². The summed E-state index contributed by atoms with van der Waals surface area (Å²) >= 11 is 5.83. The summed E-state index contributed by atoms with van der Waals surface area (Å²) < 4.78 is 0. The molecule has 2 rings (SSSR count). The molecule has 0 radical (unpaired) electrons. The van der Waals surface area contributed by atoms with Gasteiger partial charge in [0.25, 0.3) is 0 Å². The standard InChI is InChI=1S/C14H18ClN5O/c1-3-4-10(2)16-13(21)9-20-18-14(17-19-20)11-5-7-12(15)8-6-11/h5-8,10H,3-4,9H2,1-2H3,(H,16,21).